The summed E-state index contributed by atoms with van der Waals surface area (Å²) in [6.07, 6.45) is 4.27. The van der Waals surface area contributed by atoms with Crippen molar-refractivity contribution in [1.82, 2.24) is 9.80 Å². The standard InChI is InChI=1S/C20H31N3O/c1-2-22-15-18(17-6-4-3-5-7-17)14-20(16-22)9-12-23(13-10-20)11-8-19(21)24/h3-7,18H,2,8-16H2,1H3,(H2,21,24)/t18-/m0/s1. The summed E-state index contributed by atoms with van der Waals surface area (Å²) in [6.45, 7) is 8.87. The van der Waals surface area contributed by atoms with Gasteiger partial charge in [0.05, 0.1) is 0 Å². The molecule has 24 heavy (non-hydrogen) atoms. The Bertz CT molecular complexity index is 537. The molecule has 1 aromatic rings. The number of likely N-dealkylation sites (N-methyl/N-ethyl adjacent to an activating group) is 1. The van der Waals surface area contributed by atoms with Gasteiger partial charge in [-0.2, -0.15) is 0 Å². The molecule has 0 aliphatic carbocycles. The molecule has 2 N–H and O–H groups in total. The van der Waals surface area contributed by atoms with E-state index in [1.165, 1.54) is 37.9 Å². The molecular weight excluding hydrogens is 298 g/mol. The van der Waals surface area contributed by atoms with Crippen LogP contribution in [0.5, 0.6) is 0 Å². The molecule has 0 saturated carbocycles. The number of nitrogens with zero attached hydrogens (tertiary/aromatic N) is 2. The fourth-order valence-corrected chi connectivity index (χ4v) is 4.57. The zero-order chi connectivity index (χ0) is 17.0. The molecule has 0 radical (unpaired) electrons. The SMILES string of the molecule is CCN1C[C@@H](c2ccccc2)CC2(CCN(CCC(N)=O)CC2)C1. The first kappa shape index (κ1) is 17.4. The molecule has 1 amide bonds. The Morgan fingerprint density at radius 1 is 1.21 bits per heavy atom. The fourth-order valence-electron chi connectivity index (χ4n) is 4.57. The average molecular weight is 329 g/mol. The summed E-state index contributed by atoms with van der Waals surface area (Å²) in [5.74, 6) is 0.464. The van der Waals surface area contributed by atoms with Crippen LogP contribution in [0.3, 0.4) is 0 Å². The highest BCUT2D eigenvalue weighted by molar-refractivity contribution is 5.73. The minimum absolute atomic E-state index is 0.186. The molecule has 1 atom stereocenters. The minimum Gasteiger partial charge on any atom is -0.370 e. The highest BCUT2D eigenvalue weighted by Gasteiger charge is 2.41. The van der Waals surface area contributed by atoms with E-state index in [0.29, 0.717) is 17.8 Å². The molecule has 1 spiro atoms. The predicted octanol–water partition coefficient (Wildman–Crippen LogP) is 2.45. The number of primary amides is 1. The zero-order valence-corrected chi connectivity index (χ0v) is 14.9. The molecule has 3 rings (SSSR count). The molecule has 0 unspecified atom stereocenters. The Morgan fingerprint density at radius 2 is 1.92 bits per heavy atom. The number of rotatable bonds is 5. The van der Waals surface area contributed by atoms with Gasteiger partial charge < -0.3 is 15.5 Å². The largest absolute Gasteiger partial charge is 0.370 e. The maximum atomic E-state index is 11.0. The van der Waals surface area contributed by atoms with E-state index in [1.807, 2.05) is 0 Å². The molecule has 4 heteroatoms. The van der Waals surface area contributed by atoms with Crippen LogP contribution >= 0.6 is 0 Å². The number of benzene rings is 1. The second-order valence-corrected chi connectivity index (χ2v) is 7.70. The van der Waals surface area contributed by atoms with Gasteiger partial charge in [0, 0.05) is 26.1 Å². The molecular formula is C20H31N3O. The molecule has 132 valence electrons. The van der Waals surface area contributed by atoms with Crippen LogP contribution in [0.15, 0.2) is 30.3 Å². The molecule has 4 nitrogen and oxygen atoms in total. The lowest BCUT2D eigenvalue weighted by Gasteiger charge is -2.50. The topological polar surface area (TPSA) is 49.6 Å². The summed E-state index contributed by atoms with van der Waals surface area (Å²) in [5, 5.41) is 0. The summed E-state index contributed by atoms with van der Waals surface area (Å²) in [4.78, 5) is 16.1. The lowest BCUT2D eigenvalue weighted by atomic mass is 9.68. The van der Waals surface area contributed by atoms with Gasteiger partial charge in [-0.1, -0.05) is 37.3 Å². The van der Waals surface area contributed by atoms with Crippen LogP contribution in [0.2, 0.25) is 0 Å². The third kappa shape index (κ3) is 4.17. The van der Waals surface area contributed by atoms with Crippen LogP contribution in [0.4, 0.5) is 0 Å². The molecule has 2 heterocycles. The number of hydrogen-bond donors (Lipinski definition) is 1. The number of amides is 1. The van der Waals surface area contributed by atoms with Gasteiger partial charge in [0.1, 0.15) is 0 Å². The number of hydrogen-bond acceptors (Lipinski definition) is 3. The first-order valence-electron chi connectivity index (χ1n) is 9.38. The Morgan fingerprint density at radius 3 is 2.54 bits per heavy atom. The van der Waals surface area contributed by atoms with Crippen molar-refractivity contribution in [2.45, 2.75) is 38.5 Å². The highest BCUT2D eigenvalue weighted by atomic mass is 16.1. The van der Waals surface area contributed by atoms with Crippen molar-refractivity contribution in [2.75, 3.05) is 39.3 Å². The summed E-state index contributed by atoms with van der Waals surface area (Å²) in [7, 11) is 0. The molecule has 2 aliphatic heterocycles. The number of carbonyl (C=O) groups is 1. The van der Waals surface area contributed by atoms with Crippen molar-refractivity contribution in [2.24, 2.45) is 11.1 Å². The van der Waals surface area contributed by atoms with Crippen molar-refractivity contribution in [1.29, 1.82) is 0 Å². The molecule has 2 aliphatic rings. The van der Waals surface area contributed by atoms with Crippen molar-refractivity contribution < 1.29 is 4.79 Å². The van der Waals surface area contributed by atoms with Crippen molar-refractivity contribution in [3.63, 3.8) is 0 Å². The fraction of sp³-hybridized carbons (Fsp3) is 0.650. The third-order valence-corrected chi connectivity index (χ3v) is 6.03. The molecule has 0 bridgehead atoms. The van der Waals surface area contributed by atoms with Crippen LogP contribution in [0.25, 0.3) is 0 Å². The van der Waals surface area contributed by atoms with E-state index in [0.717, 1.165) is 26.2 Å². The van der Waals surface area contributed by atoms with Crippen LogP contribution in [0, 0.1) is 5.41 Å². The second kappa shape index (κ2) is 7.66. The van der Waals surface area contributed by atoms with Crippen molar-refractivity contribution in [3.05, 3.63) is 35.9 Å². The summed E-state index contributed by atoms with van der Waals surface area (Å²) >= 11 is 0. The zero-order valence-electron chi connectivity index (χ0n) is 14.9. The number of likely N-dealkylation sites (tertiary alicyclic amines) is 2. The van der Waals surface area contributed by atoms with Gasteiger partial charge in [-0.3, -0.25) is 4.79 Å². The summed E-state index contributed by atoms with van der Waals surface area (Å²) < 4.78 is 0. The Balaban J connectivity index is 1.65. The van der Waals surface area contributed by atoms with Crippen molar-refractivity contribution >= 4 is 5.91 Å². The Kier molecular flexibility index (Phi) is 5.57. The number of piperidine rings is 2. The lowest BCUT2D eigenvalue weighted by molar-refractivity contribution is -0.118. The monoisotopic (exact) mass is 329 g/mol. The minimum atomic E-state index is -0.186. The first-order valence-corrected chi connectivity index (χ1v) is 9.38. The van der Waals surface area contributed by atoms with Crippen LogP contribution in [0.1, 0.15) is 44.1 Å². The van der Waals surface area contributed by atoms with E-state index in [-0.39, 0.29) is 5.91 Å². The predicted molar refractivity (Wildman–Crippen MR) is 97.8 cm³/mol. The number of carbonyl (C=O) groups excluding carboxylic acids is 1. The Labute approximate surface area is 146 Å². The van der Waals surface area contributed by atoms with Gasteiger partial charge >= 0.3 is 0 Å². The molecule has 1 aromatic carbocycles. The van der Waals surface area contributed by atoms with E-state index >= 15 is 0 Å². The van der Waals surface area contributed by atoms with Gasteiger partial charge in [-0.25, -0.2) is 0 Å². The van der Waals surface area contributed by atoms with Gasteiger partial charge in [-0.05, 0) is 55.8 Å². The van der Waals surface area contributed by atoms with E-state index in [4.69, 9.17) is 5.73 Å². The van der Waals surface area contributed by atoms with E-state index in [2.05, 4.69) is 47.1 Å². The smallest absolute Gasteiger partial charge is 0.218 e. The van der Waals surface area contributed by atoms with Gasteiger partial charge in [0.2, 0.25) is 5.91 Å². The average Bonchev–Trinajstić information content (AvgIpc) is 2.61. The second-order valence-electron chi connectivity index (χ2n) is 7.70. The van der Waals surface area contributed by atoms with Crippen LogP contribution in [-0.4, -0.2) is 55.0 Å². The molecule has 2 saturated heterocycles. The first-order chi connectivity index (χ1) is 11.6. The highest BCUT2D eigenvalue weighted by Crippen LogP contribution is 2.44. The maximum absolute atomic E-state index is 11.0. The van der Waals surface area contributed by atoms with Gasteiger partial charge in [-0.15, -0.1) is 0 Å². The lowest BCUT2D eigenvalue weighted by Crippen LogP contribution is -2.51. The Hall–Kier alpha value is -1.39. The summed E-state index contributed by atoms with van der Waals surface area (Å²) in [5.41, 5.74) is 7.23. The normalized spacial score (nSPS) is 25.0. The van der Waals surface area contributed by atoms with E-state index < -0.39 is 0 Å². The molecule has 2 fully saturated rings. The quantitative estimate of drug-likeness (QED) is 0.903. The van der Waals surface area contributed by atoms with E-state index in [1.54, 1.807) is 0 Å². The van der Waals surface area contributed by atoms with Crippen LogP contribution < -0.4 is 5.73 Å². The van der Waals surface area contributed by atoms with Crippen molar-refractivity contribution in [3.8, 4) is 0 Å². The van der Waals surface area contributed by atoms with Crippen LogP contribution in [-0.2, 0) is 4.79 Å². The number of nitrogens with two attached hydrogens (primary N) is 1. The van der Waals surface area contributed by atoms with Gasteiger partial charge in [0.25, 0.3) is 0 Å². The third-order valence-electron chi connectivity index (χ3n) is 6.03. The van der Waals surface area contributed by atoms with E-state index in [9.17, 15) is 4.79 Å². The van der Waals surface area contributed by atoms with Gasteiger partial charge in [0.15, 0.2) is 0 Å². The maximum Gasteiger partial charge on any atom is 0.218 e. The molecule has 0 aromatic heterocycles. The summed E-state index contributed by atoms with van der Waals surface area (Å²) in [6, 6.07) is 11.0.